The first kappa shape index (κ1) is 28.5. The Hall–Kier alpha value is -5.28. The first-order valence-electron chi connectivity index (χ1n) is 14.8. The Morgan fingerprint density at radius 2 is 1.96 bits per heavy atom. The minimum absolute atomic E-state index is 0.174. The van der Waals surface area contributed by atoms with Crippen molar-refractivity contribution in [3.63, 3.8) is 0 Å². The van der Waals surface area contributed by atoms with Gasteiger partial charge in [-0.25, -0.2) is 14.8 Å². The molecular formula is C33H29N7O4S. The Morgan fingerprint density at radius 3 is 2.71 bits per heavy atom. The van der Waals surface area contributed by atoms with Crippen LogP contribution in [0.3, 0.4) is 0 Å². The average molecular weight is 620 g/mol. The summed E-state index contributed by atoms with van der Waals surface area (Å²) in [5.74, 6) is 0.738. The normalized spacial score (nSPS) is 17.9. The monoisotopic (exact) mass is 619 g/mol. The molecule has 2 N–H and O–H groups in total. The summed E-state index contributed by atoms with van der Waals surface area (Å²) >= 11 is 1.20. The molecule has 2 fully saturated rings. The molecule has 7 rings (SSSR count). The van der Waals surface area contributed by atoms with Crippen LogP contribution in [-0.2, 0) is 4.79 Å². The number of carbonyl (C=O) groups excluding carboxylic acids is 3. The molecule has 2 aliphatic heterocycles. The Kier molecular flexibility index (Phi) is 7.39. The molecule has 1 aliphatic carbocycles. The molecule has 4 aromatic rings. The van der Waals surface area contributed by atoms with E-state index in [2.05, 4.69) is 26.7 Å². The molecule has 0 spiro atoms. The number of allylic oxidation sites excluding steroid dienone is 1. The number of pyridine rings is 2. The fourth-order valence-electron chi connectivity index (χ4n) is 5.77. The van der Waals surface area contributed by atoms with Gasteiger partial charge in [0.15, 0.2) is 0 Å². The highest BCUT2D eigenvalue weighted by molar-refractivity contribution is 7.21. The van der Waals surface area contributed by atoms with Crippen LogP contribution in [0.5, 0.6) is 11.6 Å². The zero-order valence-electron chi connectivity index (χ0n) is 24.4. The fraction of sp³-hybridized carbons (Fsp3) is 0.273. The van der Waals surface area contributed by atoms with Gasteiger partial charge in [-0.1, -0.05) is 24.3 Å². The molecule has 0 unspecified atom stereocenters. The number of likely N-dealkylation sites (tertiary alicyclic amines) is 1. The lowest BCUT2D eigenvalue weighted by Crippen LogP contribution is -2.50. The highest BCUT2D eigenvalue weighted by Gasteiger charge is 2.35. The number of hydrogen-bond acceptors (Lipinski definition) is 8. The smallest absolute Gasteiger partial charge is 0.331 e. The van der Waals surface area contributed by atoms with Crippen molar-refractivity contribution in [2.24, 2.45) is 5.92 Å². The molecule has 226 valence electrons. The van der Waals surface area contributed by atoms with E-state index in [0.717, 1.165) is 12.8 Å². The lowest BCUT2D eigenvalue weighted by atomic mass is 10.0. The standard InChI is InChI=1S/C33H29N7O4S/c1-19-24(11-12-26(36-19)44-23-7-3-2-4-8-23)40-25-13-14-35-31-27(25)28(38-33(40)43)29(45-31)30(41)37-22-6-5-15-39(18-22)32(42)21(17-34)16-20-9-10-20/h2-4,7-8,11-14,16,20,22H,5-6,9-10,15,18H2,1H3,(H,37,41)(H,38,43)/b21-16+/t22-/m1/s1. The first-order valence-corrected chi connectivity index (χ1v) is 15.7. The number of carbonyl (C=O) groups is 3. The molecule has 3 aliphatic rings. The van der Waals surface area contributed by atoms with E-state index in [9.17, 15) is 19.6 Å². The van der Waals surface area contributed by atoms with E-state index in [-0.39, 0.29) is 23.4 Å². The quantitative estimate of drug-likeness (QED) is 0.189. The van der Waals surface area contributed by atoms with Crippen LogP contribution in [-0.4, -0.2) is 51.8 Å². The third-order valence-corrected chi connectivity index (χ3v) is 9.21. The number of rotatable bonds is 7. The maximum atomic E-state index is 13.6. The van der Waals surface area contributed by atoms with Crippen molar-refractivity contribution in [3.05, 3.63) is 76.9 Å². The number of aryl methyl sites for hydroxylation is 1. The van der Waals surface area contributed by atoms with Gasteiger partial charge in [-0.2, -0.15) is 5.26 Å². The average Bonchev–Trinajstić information content (AvgIpc) is 3.80. The summed E-state index contributed by atoms with van der Waals surface area (Å²) in [6, 6.07) is 15.9. The molecule has 4 amide bonds. The van der Waals surface area contributed by atoms with Gasteiger partial charge in [-0.15, -0.1) is 11.3 Å². The van der Waals surface area contributed by atoms with E-state index in [1.165, 1.54) is 16.2 Å². The van der Waals surface area contributed by atoms with Crippen LogP contribution in [0.1, 0.15) is 41.0 Å². The molecule has 3 aromatic heterocycles. The van der Waals surface area contributed by atoms with Gasteiger partial charge in [-0.3, -0.25) is 14.5 Å². The molecule has 1 atom stereocenters. The molecule has 0 bridgehead atoms. The number of nitriles is 1. The van der Waals surface area contributed by atoms with Crippen LogP contribution < -0.4 is 20.3 Å². The van der Waals surface area contributed by atoms with Gasteiger partial charge in [0.1, 0.15) is 27.1 Å². The second-order valence-corrected chi connectivity index (χ2v) is 12.3. The number of thiophene rings is 1. The van der Waals surface area contributed by atoms with Gasteiger partial charge in [0.2, 0.25) is 5.88 Å². The predicted molar refractivity (Wildman–Crippen MR) is 170 cm³/mol. The van der Waals surface area contributed by atoms with Crippen molar-refractivity contribution in [3.8, 4) is 17.7 Å². The van der Waals surface area contributed by atoms with E-state index in [4.69, 9.17) is 4.74 Å². The third-order valence-electron chi connectivity index (χ3n) is 8.11. The summed E-state index contributed by atoms with van der Waals surface area (Å²) in [5.41, 5.74) is 2.34. The number of anilines is 3. The lowest BCUT2D eigenvalue weighted by molar-refractivity contribution is -0.128. The Labute approximate surface area is 263 Å². The van der Waals surface area contributed by atoms with Crippen molar-refractivity contribution in [2.75, 3.05) is 23.3 Å². The van der Waals surface area contributed by atoms with Gasteiger partial charge in [0, 0.05) is 31.4 Å². The van der Waals surface area contributed by atoms with Gasteiger partial charge < -0.3 is 20.3 Å². The van der Waals surface area contributed by atoms with E-state index < -0.39 is 6.03 Å². The Bertz CT molecular complexity index is 1910. The summed E-state index contributed by atoms with van der Waals surface area (Å²) in [6.45, 7) is 2.66. The van der Waals surface area contributed by atoms with Crippen LogP contribution in [0, 0.1) is 24.2 Å². The number of piperidine rings is 1. The predicted octanol–water partition coefficient (Wildman–Crippen LogP) is 6.06. The maximum Gasteiger partial charge on any atom is 0.331 e. The number of aromatic nitrogens is 2. The van der Waals surface area contributed by atoms with Crippen molar-refractivity contribution in [2.45, 2.75) is 38.6 Å². The SMILES string of the molecule is Cc1nc(Oc2ccccc2)ccc1N1C(=O)Nc2c(C(=O)N[C@@H]3CCCN(C(=O)/C(C#N)=C/C4CC4)C3)sc3nccc1c23. The number of para-hydroxylation sites is 1. The van der Waals surface area contributed by atoms with E-state index in [0.29, 0.717) is 81.3 Å². The Morgan fingerprint density at radius 1 is 1.13 bits per heavy atom. The fourth-order valence-corrected chi connectivity index (χ4v) is 6.79. The van der Waals surface area contributed by atoms with Crippen LogP contribution in [0.4, 0.5) is 21.9 Å². The van der Waals surface area contributed by atoms with Crippen LogP contribution in [0.15, 0.2) is 66.4 Å². The summed E-state index contributed by atoms with van der Waals surface area (Å²) in [4.78, 5) is 53.5. The summed E-state index contributed by atoms with van der Waals surface area (Å²) < 4.78 is 5.87. The van der Waals surface area contributed by atoms with E-state index in [1.54, 1.807) is 42.3 Å². The van der Waals surface area contributed by atoms with Gasteiger partial charge >= 0.3 is 6.03 Å². The summed E-state index contributed by atoms with van der Waals surface area (Å²) in [5, 5.41) is 16.2. The second-order valence-electron chi connectivity index (χ2n) is 11.3. The molecule has 5 heterocycles. The number of amides is 4. The molecule has 45 heavy (non-hydrogen) atoms. The van der Waals surface area contributed by atoms with Crippen molar-refractivity contribution in [1.29, 1.82) is 5.26 Å². The number of urea groups is 1. The zero-order valence-corrected chi connectivity index (χ0v) is 25.3. The number of nitrogens with one attached hydrogen (secondary N) is 2. The highest BCUT2D eigenvalue weighted by Crippen LogP contribution is 2.46. The topological polar surface area (TPSA) is 141 Å². The second kappa shape index (κ2) is 11.7. The Balaban J connectivity index is 1.12. The third kappa shape index (κ3) is 5.58. The summed E-state index contributed by atoms with van der Waals surface area (Å²) in [6.07, 6.45) is 6.81. The number of nitrogens with zero attached hydrogens (tertiary/aromatic N) is 5. The maximum absolute atomic E-state index is 13.6. The zero-order chi connectivity index (χ0) is 31.1. The largest absolute Gasteiger partial charge is 0.439 e. The number of ether oxygens (including phenoxy) is 1. The molecule has 0 radical (unpaired) electrons. The van der Waals surface area contributed by atoms with E-state index >= 15 is 0 Å². The first-order chi connectivity index (χ1) is 21.9. The van der Waals surface area contributed by atoms with Crippen molar-refractivity contribution < 1.29 is 19.1 Å². The summed E-state index contributed by atoms with van der Waals surface area (Å²) in [7, 11) is 0. The minimum atomic E-state index is -0.426. The molecule has 1 saturated carbocycles. The van der Waals surface area contributed by atoms with Crippen LogP contribution in [0.2, 0.25) is 0 Å². The molecule has 12 heteroatoms. The molecular weight excluding hydrogens is 590 g/mol. The van der Waals surface area contributed by atoms with Crippen molar-refractivity contribution in [1.82, 2.24) is 20.2 Å². The molecule has 11 nitrogen and oxygen atoms in total. The van der Waals surface area contributed by atoms with Crippen LogP contribution >= 0.6 is 11.3 Å². The highest BCUT2D eigenvalue weighted by atomic mass is 32.1. The minimum Gasteiger partial charge on any atom is -0.439 e. The number of hydrogen-bond donors (Lipinski definition) is 2. The molecule has 1 aromatic carbocycles. The van der Waals surface area contributed by atoms with Crippen LogP contribution in [0.25, 0.3) is 10.2 Å². The molecule has 1 saturated heterocycles. The van der Waals surface area contributed by atoms with Gasteiger partial charge in [0.25, 0.3) is 11.8 Å². The lowest BCUT2D eigenvalue weighted by Gasteiger charge is -2.33. The van der Waals surface area contributed by atoms with Gasteiger partial charge in [-0.05, 0) is 62.8 Å². The van der Waals surface area contributed by atoms with Gasteiger partial charge in [0.05, 0.1) is 28.1 Å². The van der Waals surface area contributed by atoms with E-state index in [1.807, 2.05) is 30.3 Å². The number of benzene rings is 1. The van der Waals surface area contributed by atoms with Crippen molar-refractivity contribution >= 4 is 56.5 Å².